The van der Waals surface area contributed by atoms with E-state index < -0.39 is 0 Å². The Kier molecular flexibility index (Phi) is 3.08. The standard InChI is InChI=1S/C12H14O5/c1-14-9-6-8-10(7(13)4-5-17-8)12(16-3)11(9)15-2/h6H,4-5H2,1-3H3. The number of carbonyl (C=O) groups excluding carboxylic acids is 1. The maximum atomic E-state index is 11.9. The number of hydrogen-bond acceptors (Lipinski definition) is 5. The summed E-state index contributed by atoms with van der Waals surface area (Å²) >= 11 is 0. The van der Waals surface area contributed by atoms with E-state index in [0.717, 1.165) is 0 Å². The average Bonchev–Trinajstić information content (AvgIpc) is 2.36. The van der Waals surface area contributed by atoms with Gasteiger partial charge in [0, 0.05) is 12.5 Å². The second-order valence-electron chi connectivity index (χ2n) is 3.54. The van der Waals surface area contributed by atoms with Crippen LogP contribution in [0.15, 0.2) is 6.07 Å². The maximum absolute atomic E-state index is 11.9. The number of benzene rings is 1. The third-order valence-electron chi connectivity index (χ3n) is 2.66. The Morgan fingerprint density at radius 2 is 1.82 bits per heavy atom. The Balaban J connectivity index is 2.69. The van der Waals surface area contributed by atoms with Gasteiger partial charge in [0.15, 0.2) is 17.3 Å². The highest BCUT2D eigenvalue weighted by atomic mass is 16.5. The molecular formula is C12H14O5. The molecule has 0 atom stereocenters. The van der Waals surface area contributed by atoms with Gasteiger partial charge in [-0.25, -0.2) is 0 Å². The number of methoxy groups -OCH3 is 3. The quantitative estimate of drug-likeness (QED) is 0.801. The van der Waals surface area contributed by atoms with Gasteiger partial charge in [0.1, 0.15) is 11.3 Å². The molecule has 0 radical (unpaired) electrons. The van der Waals surface area contributed by atoms with E-state index in [1.54, 1.807) is 6.07 Å². The Labute approximate surface area is 99.2 Å². The van der Waals surface area contributed by atoms with Crippen molar-refractivity contribution in [2.75, 3.05) is 27.9 Å². The molecule has 0 unspecified atom stereocenters. The minimum Gasteiger partial charge on any atom is -0.493 e. The fraction of sp³-hybridized carbons (Fsp3) is 0.417. The fourth-order valence-corrected chi connectivity index (χ4v) is 1.89. The molecule has 5 heteroatoms. The van der Waals surface area contributed by atoms with Crippen molar-refractivity contribution in [1.29, 1.82) is 0 Å². The van der Waals surface area contributed by atoms with E-state index >= 15 is 0 Å². The number of Topliss-reactive ketones (excluding diaryl/α,β-unsaturated/α-hetero) is 1. The van der Waals surface area contributed by atoms with Gasteiger partial charge in [0.25, 0.3) is 0 Å². The van der Waals surface area contributed by atoms with Crippen molar-refractivity contribution >= 4 is 5.78 Å². The third-order valence-corrected chi connectivity index (χ3v) is 2.66. The third kappa shape index (κ3) is 1.77. The lowest BCUT2D eigenvalue weighted by molar-refractivity contribution is 0.0928. The average molecular weight is 238 g/mol. The van der Waals surface area contributed by atoms with Crippen molar-refractivity contribution in [3.8, 4) is 23.0 Å². The van der Waals surface area contributed by atoms with Crippen LogP contribution in [0.2, 0.25) is 0 Å². The summed E-state index contributed by atoms with van der Waals surface area (Å²) in [6, 6.07) is 1.65. The molecule has 2 rings (SSSR count). The van der Waals surface area contributed by atoms with Gasteiger partial charge in [0.2, 0.25) is 5.75 Å². The molecule has 0 fully saturated rings. The first-order valence-corrected chi connectivity index (χ1v) is 5.21. The van der Waals surface area contributed by atoms with Crippen LogP contribution >= 0.6 is 0 Å². The predicted molar refractivity (Wildman–Crippen MR) is 60.5 cm³/mol. The molecule has 1 aromatic rings. The number of rotatable bonds is 3. The zero-order valence-corrected chi connectivity index (χ0v) is 10.0. The summed E-state index contributed by atoms with van der Waals surface area (Å²) < 4.78 is 21.1. The molecule has 1 aliphatic heterocycles. The SMILES string of the molecule is COc1cc2c(c(OC)c1OC)C(=O)CCO2. The van der Waals surface area contributed by atoms with Gasteiger partial charge < -0.3 is 18.9 Å². The topological polar surface area (TPSA) is 54.0 Å². The van der Waals surface area contributed by atoms with Crippen LogP contribution in [0.4, 0.5) is 0 Å². The van der Waals surface area contributed by atoms with Gasteiger partial charge in [-0.2, -0.15) is 0 Å². The van der Waals surface area contributed by atoms with Crippen LogP contribution in [-0.2, 0) is 0 Å². The van der Waals surface area contributed by atoms with Crippen molar-refractivity contribution in [2.45, 2.75) is 6.42 Å². The molecule has 0 bridgehead atoms. The Morgan fingerprint density at radius 1 is 1.12 bits per heavy atom. The highest BCUT2D eigenvalue weighted by molar-refractivity contribution is 6.03. The van der Waals surface area contributed by atoms with Crippen LogP contribution in [0.25, 0.3) is 0 Å². The molecule has 1 aliphatic rings. The second kappa shape index (κ2) is 4.53. The predicted octanol–water partition coefficient (Wildman–Crippen LogP) is 1.68. The molecule has 92 valence electrons. The van der Waals surface area contributed by atoms with Crippen LogP contribution < -0.4 is 18.9 Å². The summed E-state index contributed by atoms with van der Waals surface area (Å²) in [4.78, 5) is 11.9. The first kappa shape index (κ1) is 11.6. The van der Waals surface area contributed by atoms with Crippen molar-refractivity contribution in [3.63, 3.8) is 0 Å². The molecule has 17 heavy (non-hydrogen) atoms. The van der Waals surface area contributed by atoms with E-state index in [0.29, 0.717) is 41.6 Å². The van der Waals surface area contributed by atoms with Crippen LogP contribution in [0.1, 0.15) is 16.8 Å². The number of ketones is 1. The van der Waals surface area contributed by atoms with Crippen LogP contribution in [0.5, 0.6) is 23.0 Å². The number of carbonyl (C=O) groups is 1. The van der Waals surface area contributed by atoms with Crippen molar-refractivity contribution in [2.24, 2.45) is 0 Å². The zero-order valence-electron chi connectivity index (χ0n) is 10.0. The van der Waals surface area contributed by atoms with E-state index in [2.05, 4.69) is 0 Å². The van der Waals surface area contributed by atoms with Gasteiger partial charge >= 0.3 is 0 Å². The van der Waals surface area contributed by atoms with Crippen LogP contribution in [0.3, 0.4) is 0 Å². The van der Waals surface area contributed by atoms with Crippen molar-refractivity contribution in [1.82, 2.24) is 0 Å². The molecule has 0 spiro atoms. The highest BCUT2D eigenvalue weighted by Gasteiger charge is 2.28. The van der Waals surface area contributed by atoms with Gasteiger partial charge in [-0.05, 0) is 0 Å². The molecule has 5 nitrogen and oxygen atoms in total. The molecular weight excluding hydrogens is 224 g/mol. The smallest absolute Gasteiger partial charge is 0.204 e. The minimum atomic E-state index is -0.0101. The number of fused-ring (bicyclic) bond motifs is 1. The number of ether oxygens (including phenoxy) is 4. The number of hydrogen-bond donors (Lipinski definition) is 0. The van der Waals surface area contributed by atoms with Crippen molar-refractivity contribution < 1.29 is 23.7 Å². The normalized spacial score (nSPS) is 13.7. The van der Waals surface area contributed by atoms with Gasteiger partial charge in [-0.3, -0.25) is 4.79 Å². The lowest BCUT2D eigenvalue weighted by Gasteiger charge is -2.22. The molecule has 0 N–H and O–H groups in total. The maximum Gasteiger partial charge on any atom is 0.204 e. The minimum absolute atomic E-state index is 0.0101. The van der Waals surface area contributed by atoms with Crippen molar-refractivity contribution in [3.05, 3.63) is 11.6 Å². The van der Waals surface area contributed by atoms with E-state index in [4.69, 9.17) is 18.9 Å². The van der Waals surface area contributed by atoms with Gasteiger partial charge in [0.05, 0.1) is 27.9 Å². The summed E-state index contributed by atoms with van der Waals surface area (Å²) in [6.45, 7) is 0.379. The highest BCUT2D eigenvalue weighted by Crippen LogP contribution is 2.46. The van der Waals surface area contributed by atoms with Gasteiger partial charge in [-0.15, -0.1) is 0 Å². The Bertz CT molecular complexity index is 453. The molecule has 1 heterocycles. The van der Waals surface area contributed by atoms with Gasteiger partial charge in [-0.1, -0.05) is 0 Å². The monoisotopic (exact) mass is 238 g/mol. The zero-order chi connectivity index (χ0) is 12.4. The first-order valence-electron chi connectivity index (χ1n) is 5.21. The molecule has 0 aliphatic carbocycles. The lowest BCUT2D eigenvalue weighted by Crippen LogP contribution is -2.17. The first-order chi connectivity index (χ1) is 8.22. The fourth-order valence-electron chi connectivity index (χ4n) is 1.89. The largest absolute Gasteiger partial charge is 0.493 e. The molecule has 1 aromatic carbocycles. The summed E-state index contributed by atoms with van der Waals surface area (Å²) in [5.41, 5.74) is 0.427. The summed E-state index contributed by atoms with van der Waals surface area (Å²) in [7, 11) is 4.51. The lowest BCUT2D eigenvalue weighted by atomic mass is 10.0. The summed E-state index contributed by atoms with van der Waals surface area (Å²) in [5, 5.41) is 0. The Morgan fingerprint density at radius 3 is 2.41 bits per heavy atom. The van der Waals surface area contributed by atoms with E-state index in [1.165, 1.54) is 21.3 Å². The molecule has 0 saturated heterocycles. The second-order valence-corrected chi connectivity index (χ2v) is 3.54. The molecule has 0 aromatic heterocycles. The van der Waals surface area contributed by atoms with E-state index in [-0.39, 0.29) is 5.78 Å². The van der Waals surface area contributed by atoms with Crippen LogP contribution in [0, 0.1) is 0 Å². The van der Waals surface area contributed by atoms with E-state index in [1.807, 2.05) is 0 Å². The van der Waals surface area contributed by atoms with E-state index in [9.17, 15) is 4.79 Å². The summed E-state index contributed by atoms with van der Waals surface area (Å²) in [5.74, 6) is 1.73. The Hall–Kier alpha value is -1.91. The van der Waals surface area contributed by atoms with Crippen LogP contribution in [-0.4, -0.2) is 33.7 Å². The molecule has 0 amide bonds. The molecule has 0 saturated carbocycles. The summed E-state index contributed by atoms with van der Waals surface area (Å²) in [6.07, 6.45) is 0.346.